The van der Waals surface area contributed by atoms with Gasteiger partial charge >= 0.3 is 0 Å². The molecule has 0 amide bonds. The molecule has 0 aromatic heterocycles. The van der Waals surface area contributed by atoms with Gasteiger partial charge in [-0.15, -0.1) is 24.7 Å². The standard InChI is InChI=1S/C11H14O2/c1-3-5-7-11(8-6-4-2)12-9-10-13-11/h1-2H,5-10H2. The van der Waals surface area contributed by atoms with Crippen LogP contribution in [0, 0.1) is 24.7 Å². The minimum Gasteiger partial charge on any atom is -0.347 e. The molecule has 1 heterocycles. The zero-order chi connectivity index (χ0) is 9.57. The number of ether oxygens (including phenoxy) is 2. The molecule has 0 atom stereocenters. The van der Waals surface area contributed by atoms with Gasteiger partial charge in [-0.2, -0.15) is 0 Å². The predicted octanol–water partition coefficient (Wildman–Crippen LogP) is 1.56. The summed E-state index contributed by atoms with van der Waals surface area (Å²) in [6.45, 7) is 1.30. The maximum atomic E-state index is 5.53. The van der Waals surface area contributed by atoms with E-state index in [9.17, 15) is 0 Å². The average molecular weight is 178 g/mol. The third-order valence-corrected chi connectivity index (χ3v) is 2.11. The molecule has 0 aliphatic carbocycles. The van der Waals surface area contributed by atoms with Crippen molar-refractivity contribution in [3.05, 3.63) is 0 Å². The minimum absolute atomic E-state index is 0.487. The summed E-state index contributed by atoms with van der Waals surface area (Å²) in [6.07, 6.45) is 13.2. The molecule has 0 radical (unpaired) electrons. The fourth-order valence-corrected chi connectivity index (χ4v) is 1.44. The van der Waals surface area contributed by atoms with E-state index in [4.69, 9.17) is 22.3 Å². The number of terminal acetylenes is 2. The molecule has 1 aliphatic rings. The second-order valence-corrected chi connectivity index (χ2v) is 3.02. The molecule has 1 rings (SSSR count). The highest BCUT2D eigenvalue weighted by atomic mass is 16.7. The van der Waals surface area contributed by atoms with Gasteiger partial charge in [0.15, 0.2) is 5.79 Å². The fraction of sp³-hybridized carbons (Fsp3) is 0.636. The van der Waals surface area contributed by atoms with Gasteiger partial charge in [0.05, 0.1) is 13.2 Å². The Bertz CT molecular complexity index is 205. The lowest BCUT2D eigenvalue weighted by Crippen LogP contribution is -2.29. The summed E-state index contributed by atoms with van der Waals surface area (Å²) in [5.74, 6) is 4.68. The van der Waals surface area contributed by atoms with Gasteiger partial charge in [0.1, 0.15) is 0 Å². The van der Waals surface area contributed by atoms with Crippen LogP contribution in [0.25, 0.3) is 0 Å². The van der Waals surface area contributed by atoms with Gasteiger partial charge in [0.25, 0.3) is 0 Å². The van der Waals surface area contributed by atoms with Gasteiger partial charge in [-0.3, -0.25) is 0 Å². The lowest BCUT2D eigenvalue weighted by Gasteiger charge is -2.25. The van der Waals surface area contributed by atoms with Gasteiger partial charge in [-0.05, 0) is 0 Å². The first-order chi connectivity index (χ1) is 6.33. The second-order valence-electron chi connectivity index (χ2n) is 3.02. The van der Waals surface area contributed by atoms with Crippen molar-refractivity contribution in [2.24, 2.45) is 0 Å². The van der Waals surface area contributed by atoms with Gasteiger partial charge in [-0.25, -0.2) is 0 Å². The molecule has 70 valence electrons. The zero-order valence-electron chi connectivity index (χ0n) is 7.71. The maximum Gasteiger partial charge on any atom is 0.170 e. The number of hydrogen-bond acceptors (Lipinski definition) is 2. The first kappa shape index (κ1) is 10.1. The van der Waals surface area contributed by atoms with Crippen molar-refractivity contribution in [2.45, 2.75) is 31.5 Å². The van der Waals surface area contributed by atoms with E-state index in [1.807, 2.05) is 0 Å². The fourth-order valence-electron chi connectivity index (χ4n) is 1.44. The number of rotatable bonds is 4. The van der Waals surface area contributed by atoms with E-state index >= 15 is 0 Å². The molecule has 1 fully saturated rings. The number of hydrogen-bond donors (Lipinski definition) is 0. The van der Waals surface area contributed by atoms with Crippen LogP contribution in [0.4, 0.5) is 0 Å². The van der Waals surface area contributed by atoms with Crippen molar-refractivity contribution < 1.29 is 9.47 Å². The Kier molecular flexibility index (Phi) is 3.83. The molecule has 13 heavy (non-hydrogen) atoms. The van der Waals surface area contributed by atoms with Crippen molar-refractivity contribution in [3.63, 3.8) is 0 Å². The predicted molar refractivity (Wildman–Crippen MR) is 50.8 cm³/mol. The largest absolute Gasteiger partial charge is 0.347 e. The maximum absolute atomic E-state index is 5.53. The van der Waals surface area contributed by atoms with Gasteiger partial charge < -0.3 is 9.47 Å². The zero-order valence-corrected chi connectivity index (χ0v) is 7.71. The van der Waals surface area contributed by atoms with Crippen molar-refractivity contribution in [3.8, 4) is 24.7 Å². The Morgan fingerprint density at radius 1 is 1.00 bits per heavy atom. The van der Waals surface area contributed by atoms with E-state index in [2.05, 4.69) is 11.8 Å². The van der Waals surface area contributed by atoms with Crippen molar-refractivity contribution in [2.75, 3.05) is 13.2 Å². The summed E-state index contributed by atoms with van der Waals surface area (Å²) >= 11 is 0. The van der Waals surface area contributed by atoms with E-state index in [1.54, 1.807) is 0 Å². The minimum atomic E-state index is -0.487. The van der Waals surface area contributed by atoms with Crippen LogP contribution in [0.1, 0.15) is 25.7 Å². The highest BCUT2D eigenvalue weighted by molar-refractivity contribution is 4.91. The smallest absolute Gasteiger partial charge is 0.170 e. The highest BCUT2D eigenvalue weighted by Gasteiger charge is 2.34. The van der Waals surface area contributed by atoms with Crippen LogP contribution >= 0.6 is 0 Å². The van der Waals surface area contributed by atoms with E-state index in [-0.39, 0.29) is 0 Å². The van der Waals surface area contributed by atoms with Crippen LogP contribution in [-0.2, 0) is 9.47 Å². The summed E-state index contributed by atoms with van der Waals surface area (Å²) in [4.78, 5) is 0. The van der Waals surface area contributed by atoms with Crippen LogP contribution in [0.2, 0.25) is 0 Å². The monoisotopic (exact) mass is 178 g/mol. The van der Waals surface area contributed by atoms with Gasteiger partial charge in [0.2, 0.25) is 0 Å². The van der Waals surface area contributed by atoms with E-state index in [0.29, 0.717) is 26.1 Å². The highest BCUT2D eigenvalue weighted by Crippen LogP contribution is 2.29. The summed E-state index contributed by atoms with van der Waals surface area (Å²) in [7, 11) is 0. The third kappa shape index (κ3) is 2.77. The molecular weight excluding hydrogens is 164 g/mol. The molecule has 0 unspecified atom stereocenters. The Morgan fingerprint density at radius 3 is 1.85 bits per heavy atom. The average Bonchev–Trinajstić information content (AvgIpc) is 2.61. The Balaban J connectivity index is 2.44. The Hall–Kier alpha value is -0.960. The molecular formula is C11H14O2. The van der Waals surface area contributed by atoms with E-state index < -0.39 is 5.79 Å². The molecule has 0 aromatic carbocycles. The normalized spacial score (nSPS) is 19.2. The van der Waals surface area contributed by atoms with Crippen molar-refractivity contribution >= 4 is 0 Å². The topological polar surface area (TPSA) is 18.5 Å². The molecule has 1 aliphatic heterocycles. The summed E-state index contributed by atoms with van der Waals surface area (Å²) in [5, 5.41) is 0. The van der Waals surface area contributed by atoms with Crippen LogP contribution in [0.3, 0.4) is 0 Å². The van der Waals surface area contributed by atoms with Gasteiger partial charge in [0, 0.05) is 25.7 Å². The van der Waals surface area contributed by atoms with Crippen molar-refractivity contribution in [1.82, 2.24) is 0 Å². The Labute approximate surface area is 79.6 Å². The van der Waals surface area contributed by atoms with Crippen LogP contribution in [0.15, 0.2) is 0 Å². The summed E-state index contributed by atoms with van der Waals surface area (Å²) in [6, 6.07) is 0. The molecule has 0 aromatic rings. The molecule has 2 nitrogen and oxygen atoms in total. The van der Waals surface area contributed by atoms with E-state index in [1.165, 1.54) is 0 Å². The van der Waals surface area contributed by atoms with Crippen molar-refractivity contribution in [1.29, 1.82) is 0 Å². The quantitative estimate of drug-likeness (QED) is 0.608. The second kappa shape index (κ2) is 4.92. The molecule has 0 saturated carbocycles. The van der Waals surface area contributed by atoms with E-state index in [0.717, 1.165) is 12.8 Å². The first-order valence-electron chi connectivity index (χ1n) is 4.48. The Morgan fingerprint density at radius 2 is 1.46 bits per heavy atom. The molecule has 2 heteroatoms. The summed E-state index contributed by atoms with van der Waals surface area (Å²) < 4.78 is 11.1. The van der Waals surface area contributed by atoms with Crippen LogP contribution in [-0.4, -0.2) is 19.0 Å². The summed E-state index contributed by atoms with van der Waals surface area (Å²) in [5.41, 5.74) is 0. The van der Waals surface area contributed by atoms with Crippen LogP contribution < -0.4 is 0 Å². The molecule has 0 bridgehead atoms. The molecule has 0 N–H and O–H groups in total. The van der Waals surface area contributed by atoms with Gasteiger partial charge in [-0.1, -0.05) is 0 Å². The lowest BCUT2D eigenvalue weighted by atomic mass is 10.1. The van der Waals surface area contributed by atoms with Crippen LogP contribution in [0.5, 0.6) is 0 Å². The molecule has 1 saturated heterocycles. The third-order valence-electron chi connectivity index (χ3n) is 2.11. The SMILES string of the molecule is C#CCCC1(CCC#C)OCCO1. The molecule has 0 spiro atoms. The lowest BCUT2D eigenvalue weighted by molar-refractivity contribution is -0.164. The first-order valence-corrected chi connectivity index (χ1v) is 4.48.